The van der Waals surface area contributed by atoms with E-state index in [1.165, 1.54) is 7.11 Å². The number of anilines is 1. The van der Waals surface area contributed by atoms with Gasteiger partial charge in [0, 0.05) is 31.2 Å². The molecule has 7 heteroatoms. The largest absolute Gasteiger partial charge is 0.495 e. The second-order valence-electron chi connectivity index (χ2n) is 7.23. The average Bonchev–Trinajstić information content (AvgIpc) is 2.52. The topological polar surface area (TPSA) is 85.1 Å². The van der Waals surface area contributed by atoms with Crippen LogP contribution < -0.4 is 10.5 Å². The van der Waals surface area contributed by atoms with E-state index in [0.29, 0.717) is 36.6 Å². The molecule has 1 heterocycles. The summed E-state index contributed by atoms with van der Waals surface area (Å²) in [6.45, 7) is 8.75. The molecule has 0 spiro atoms. The highest BCUT2D eigenvalue weighted by atomic mass is 16.6. The molecule has 0 unspecified atom stereocenters. The highest BCUT2D eigenvalue weighted by Crippen LogP contribution is 2.24. The molecule has 2 N–H and O–H groups in total. The van der Waals surface area contributed by atoms with Crippen molar-refractivity contribution in [2.45, 2.75) is 39.3 Å². The van der Waals surface area contributed by atoms with E-state index in [-0.39, 0.29) is 18.0 Å². The Kier molecular flexibility index (Phi) is 5.45. The van der Waals surface area contributed by atoms with Gasteiger partial charge in [-0.2, -0.15) is 0 Å². The average molecular weight is 349 g/mol. The molecule has 1 atom stereocenters. The van der Waals surface area contributed by atoms with Gasteiger partial charge in [0.2, 0.25) is 0 Å². The summed E-state index contributed by atoms with van der Waals surface area (Å²) in [5.41, 5.74) is 6.29. The molecule has 0 bridgehead atoms. The van der Waals surface area contributed by atoms with Gasteiger partial charge < -0.3 is 25.0 Å². The van der Waals surface area contributed by atoms with E-state index in [0.717, 1.165) is 0 Å². The van der Waals surface area contributed by atoms with Crippen molar-refractivity contribution >= 4 is 17.7 Å². The zero-order valence-electron chi connectivity index (χ0n) is 15.5. The van der Waals surface area contributed by atoms with Crippen LogP contribution in [0.1, 0.15) is 38.1 Å². The molecule has 1 fully saturated rings. The summed E-state index contributed by atoms with van der Waals surface area (Å²) in [6, 6.07) is 4.89. The second-order valence-corrected chi connectivity index (χ2v) is 7.23. The molecule has 1 aliphatic heterocycles. The van der Waals surface area contributed by atoms with E-state index in [2.05, 4.69) is 0 Å². The van der Waals surface area contributed by atoms with Gasteiger partial charge in [0.1, 0.15) is 11.4 Å². The van der Waals surface area contributed by atoms with Crippen molar-refractivity contribution in [3.05, 3.63) is 23.8 Å². The van der Waals surface area contributed by atoms with Gasteiger partial charge in [-0.15, -0.1) is 0 Å². The van der Waals surface area contributed by atoms with Gasteiger partial charge in [-0.1, -0.05) is 0 Å². The molecule has 0 aromatic heterocycles. The smallest absolute Gasteiger partial charge is 0.410 e. The third-order valence-corrected chi connectivity index (χ3v) is 4.02. The number of nitrogens with zero attached hydrogens (tertiary/aromatic N) is 2. The number of nitrogens with two attached hydrogens (primary N) is 1. The van der Waals surface area contributed by atoms with Crippen LogP contribution in [0.2, 0.25) is 0 Å². The molecule has 0 aliphatic carbocycles. The number of hydrogen-bond donors (Lipinski definition) is 1. The molecule has 7 nitrogen and oxygen atoms in total. The van der Waals surface area contributed by atoms with E-state index in [4.69, 9.17) is 15.2 Å². The Morgan fingerprint density at radius 2 is 1.92 bits per heavy atom. The Labute approximate surface area is 148 Å². The van der Waals surface area contributed by atoms with Crippen molar-refractivity contribution in [2.24, 2.45) is 0 Å². The van der Waals surface area contributed by atoms with E-state index >= 15 is 0 Å². The number of methoxy groups -OCH3 is 1. The first kappa shape index (κ1) is 18.9. The Bertz CT molecular complexity index is 654. The SMILES string of the molecule is COc1ccc(C(=O)N2CCN(C(=O)OC(C)(C)C)C[C@H]2C)cc1N. The molecule has 1 aromatic carbocycles. The third kappa shape index (κ3) is 4.55. The van der Waals surface area contributed by atoms with Crippen LogP contribution in [0, 0.1) is 0 Å². The first-order valence-electron chi connectivity index (χ1n) is 8.35. The number of carbonyl (C=O) groups is 2. The molecule has 1 aliphatic rings. The quantitative estimate of drug-likeness (QED) is 0.829. The van der Waals surface area contributed by atoms with Crippen molar-refractivity contribution in [3.63, 3.8) is 0 Å². The Hall–Kier alpha value is -2.44. The van der Waals surface area contributed by atoms with Crippen LogP contribution in [0.15, 0.2) is 18.2 Å². The lowest BCUT2D eigenvalue weighted by Crippen LogP contribution is -2.56. The number of nitrogen functional groups attached to an aromatic ring is 1. The van der Waals surface area contributed by atoms with Crippen LogP contribution >= 0.6 is 0 Å². The summed E-state index contributed by atoms with van der Waals surface area (Å²) in [7, 11) is 1.53. The Balaban J connectivity index is 2.04. The molecule has 0 saturated carbocycles. The van der Waals surface area contributed by atoms with Crippen LogP contribution in [0.4, 0.5) is 10.5 Å². The van der Waals surface area contributed by atoms with Crippen LogP contribution in [-0.2, 0) is 4.74 Å². The van der Waals surface area contributed by atoms with Gasteiger partial charge in [-0.25, -0.2) is 4.79 Å². The minimum Gasteiger partial charge on any atom is -0.495 e. The maximum Gasteiger partial charge on any atom is 0.410 e. The summed E-state index contributed by atoms with van der Waals surface area (Å²) in [5.74, 6) is 0.435. The van der Waals surface area contributed by atoms with Crippen LogP contribution in [0.25, 0.3) is 0 Å². The normalized spacial score (nSPS) is 18.0. The first-order valence-corrected chi connectivity index (χ1v) is 8.35. The fourth-order valence-corrected chi connectivity index (χ4v) is 2.78. The van der Waals surface area contributed by atoms with Gasteiger partial charge in [0.05, 0.1) is 12.8 Å². The van der Waals surface area contributed by atoms with Crippen LogP contribution in [0.3, 0.4) is 0 Å². The third-order valence-electron chi connectivity index (χ3n) is 4.02. The number of amides is 2. The van der Waals surface area contributed by atoms with Gasteiger partial charge in [0.15, 0.2) is 0 Å². The maximum absolute atomic E-state index is 12.8. The summed E-state index contributed by atoms with van der Waals surface area (Å²) in [5, 5.41) is 0. The highest BCUT2D eigenvalue weighted by Gasteiger charge is 2.32. The van der Waals surface area contributed by atoms with Crippen LogP contribution in [0.5, 0.6) is 5.75 Å². The van der Waals surface area contributed by atoms with Crippen molar-refractivity contribution < 1.29 is 19.1 Å². The summed E-state index contributed by atoms with van der Waals surface area (Å²) >= 11 is 0. The van der Waals surface area contributed by atoms with E-state index in [1.807, 2.05) is 27.7 Å². The molecule has 25 heavy (non-hydrogen) atoms. The van der Waals surface area contributed by atoms with Gasteiger partial charge >= 0.3 is 6.09 Å². The molecule has 1 saturated heterocycles. The number of ether oxygens (including phenoxy) is 2. The molecular formula is C18H27N3O4. The van der Waals surface area contributed by atoms with Crippen molar-refractivity contribution in [1.82, 2.24) is 9.80 Å². The van der Waals surface area contributed by atoms with Crippen molar-refractivity contribution in [1.29, 1.82) is 0 Å². The lowest BCUT2D eigenvalue weighted by atomic mass is 10.1. The summed E-state index contributed by atoms with van der Waals surface area (Å²) in [4.78, 5) is 28.3. The van der Waals surface area contributed by atoms with Crippen molar-refractivity contribution in [3.8, 4) is 5.75 Å². The standard InChI is InChI=1S/C18H27N3O4/c1-12-11-20(17(23)25-18(2,3)4)8-9-21(12)16(22)13-6-7-15(24-5)14(19)10-13/h6-7,10,12H,8-9,11,19H2,1-5H3/t12-/m1/s1. The Morgan fingerprint density at radius 3 is 2.44 bits per heavy atom. The van der Waals surface area contributed by atoms with Crippen LogP contribution in [-0.4, -0.2) is 60.2 Å². The number of benzene rings is 1. The number of rotatable bonds is 2. The number of hydrogen-bond acceptors (Lipinski definition) is 5. The highest BCUT2D eigenvalue weighted by molar-refractivity contribution is 5.95. The van der Waals surface area contributed by atoms with Gasteiger partial charge in [0.25, 0.3) is 5.91 Å². The first-order chi connectivity index (χ1) is 11.6. The monoisotopic (exact) mass is 349 g/mol. The predicted molar refractivity (Wildman–Crippen MR) is 95.7 cm³/mol. The summed E-state index contributed by atoms with van der Waals surface area (Å²) < 4.78 is 10.5. The summed E-state index contributed by atoms with van der Waals surface area (Å²) in [6.07, 6.45) is -0.347. The minimum atomic E-state index is -0.534. The molecule has 2 amide bonds. The zero-order chi connectivity index (χ0) is 18.8. The number of carbonyl (C=O) groups excluding carboxylic acids is 2. The van der Waals surface area contributed by atoms with E-state index < -0.39 is 5.60 Å². The zero-order valence-corrected chi connectivity index (χ0v) is 15.5. The second kappa shape index (κ2) is 7.21. The van der Waals surface area contributed by atoms with E-state index in [9.17, 15) is 9.59 Å². The molecule has 138 valence electrons. The maximum atomic E-state index is 12.8. The minimum absolute atomic E-state index is 0.106. The Morgan fingerprint density at radius 1 is 1.24 bits per heavy atom. The molecule has 0 radical (unpaired) electrons. The molecule has 2 rings (SSSR count). The lowest BCUT2D eigenvalue weighted by Gasteiger charge is -2.40. The molecular weight excluding hydrogens is 322 g/mol. The number of piperazine rings is 1. The lowest BCUT2D eigenvalue weighted by molar-refractivity contribution is 0.00617. The predicted octanol–water partition coefficient (Wildman–Crippen LogP) is 2.36. The van der Waals surface area contributed by atoms with Gasteiger partial charge in [-0.3, -0.25) is 4.79 Å². The molecule has 1 aromatic rings. The van der Waals surface area contributed by atoms with Crippen molar-refractivity contribution in [2.75, 3.05) is 32.5 Å². The van der Waals surface area contributed by atoms with E-state index in [1.54, 1.807) is 28.0 Å². The van der Waals surface area contributed by atoms with Gasteiger partial charge in [-0.05, 0) is 45.9 Å². The fourth-order valence-electron chi connectivity index (χ4n) is 2.78. The fraction of sp³-hybridized carbons (Fsp3) is 0.556.